The lowest BCUT2D eigenvalue weighted by molar-refractivity contribution is -0.0250. The number of benzene rings is 2. The Morgan fingerprint density at radius 2 is 1.71 bits per heavy atom. The van der Waals surface area contributed by atoms with Crippen LogP contribution in [0.2, 0.25) is 0 Å². The first-order valence-electron chi connectivity index (χ1n) is 10.5. The van der Waals surface area contributed by atoms with Gasteiger partial charge in [0.15, 0.2) is 0 Å². The minimum atomic E-state index is -0.942. The molecule has 2 aromatic carbocycles. The zero-order valence-corrected chi connectivity index (χ0v) is 17.1. The summed E-state index contributed by atoms with van der Waals surface area (Å²) < 4.78 is 11.2. The Labute approximate surface area is 169 Å². The van der Waals surface area contributed by atoms with Crippen molar-refractivity contribution in [3.05, 3.63) is 65.7 Å². The standard InChI is InChI=1S/C24H33NO3/c1-3-16-28-22-12-10-21(11-13-22)24(26,4-2)23(20-8-6-5-7-9-20)19-25-14-17-27-18-15-25/h5-13,23,26H,3-4,14-19H2,1-2H3/t23-,24-/m0/s1. The van der Waals surface area contributed by atoms with Crippen LogP contribution in [0.1, 0.15) is 43.7 Å². The molecule has 0 radical (unpaired) electrons. The van der Waals surface area contributed by atoms with Gasteiger partial charge >= 0.3 is 0 Å². The SMILES string of the molecule is CCCOc1ccc([C@@](O)(CC)[C@@H](CN2CCOCC2)c2ccccc2)cc1. The topological polar surface area (TPSA) is 41.9 Å². The zero-order valence-electron chi connectivity index (χ0n) is 17.1. The van der Waals surface area contributed by atoms with Crippen molar-refractivity contribution in [2.45, 2.75) is 38.2 Å². The molecule has 2 atom stereocenters. The molecular formula is C24H33NO3. The fourth-order valence-electron chi connectivity index (χ4n) is 3.97. The second-order valence-corrected chi connectivity index (χ2v) is 7.53. The molecule has 152 valence electrons. The number of rotatable bonds is 9. The molecule has 1 N–H and O–H groups in total. The van der Waals surface area contributed by atoms with Crippen molar-refractivity contribution in [2.75, 3.05) is 39.5 Å². The lowest BCUT2D eigenvalue weighted by atomic mass is 9.75. The monoisotopic (exact) mass is 383 g/mol. The maximum absolute atomic E-state index is 11.9. The van der Waals surface area contributed by atoms with Crippen molar-refractivity contribution in [2.24, 2.45) is 0 Å². The third-order valence-electron chi connectivity index (χ3n) is 5.69. The summed E-state index contributed by atoms with van der Waals surface area (Å²) in [4.78, 5) is 2.40. The molecule has 1 aliphatic heterocycles. The summed E-state index contributed by atoms with van der Waals surface area (Å²) in [6.07, 6.45) is 1.63. The van der Waals surface area contributed by atoms with Crippen molar-refractivity contribution in [3.63, 3.8) is 0 Å². The summed E-state index contributed by atoms with van der Waals surface area (Å²) in [6, 6.07) is 18.4. The molecule has 4 heteroatoms. The summed E-state index contributed by atoms with van der Waals surface area (Å²) in [5.74, 6) is 0.840. The summed E-state index contributed by atoms with van der Waals surface area (Å²) in [5, 5.41) is 11.9. The van der Waals surface area contributed by atoms with Gasteiger partial charge in [-0.25, -0.2) is 0 Å². The van der Waals surface area contributed by atoms with Crippen LogP contribution in [0.15, 0.2) is 54.6 Å². The molecule has 0 aliphatic carbocycles. The van der Waals surface area contributed by atoms with Crippen LogP contribution in [-0.4, -0.2) is 49.5 Å². The van der Waals surface area contributed by atoms with Crippen molar-refractivity contribution < 1.29 is 14.6 Å². The van der Waals surface area contributed by atoms with E-state index in [1.54, 1.807) is 0 Å². The van der Waals surface area contributed by atoms with Gasteiger partial charge in [-0.2, -0.15) is 0 Å². The van der Waals surface area contributed by atoms with Crippen molar-refractivity contribution in [1.29, 1.82) is 0 Å². The maximum Gasteiger partial charge on any atom is 0.119 e. The van der Waals surface area contributed by atoms with Gasteiger partial charge in [0.25, 0.3) is 0 Å². The fourth-order valence-corrected chi connectivity index (χ4v) is 3.97. The molecule has 1 aliphatic rings. The van der Waals surface area contributed by atoms with Crippen LogP contribution in [0.4, 0.5) is 0 Å². The fraction of sp³-hybridized carbons (Fsp3) is 0.500. The number of nitrogens with zero attached hydrogens (tertiary/aromatic N) is 1. The first-order valence-corrected chi connectivity index (χ1v) is 10.5. The number of aliphatic hydroxyl groups is 1. The van der Waals surface area contributed by atoms with E-state index in [0.29, 0.717) is 13.0 Å². The van der Waals surface area contributed by atoms with Crippen LogP contribution < -0.4 is 4.74 Å². The van der Waals surface area contributed by atoms with Crippen LogP contribution in [-0.2, 0) is 10.3 Å². The molecule has 0 unspecified atom stereocenters. The Hall–Kier alpha value is -1.88. The number of morpholine rings is 1. The largest absolute Gasteiger partial charge is 0.494 e. The highest BCUT2D eigenvalue weighted by Crippen LogP contribution is 2.41. The normalized spacial score (nSPS) is 18.4. The van der Waals surface area contributed by atoms with Gasteiger partial charge in [-0.1, -0.05) is 56.3 Å². The Morgan fingerprint density at radius 3 is 2.32 bits per heavy atom. The summed E-state index contributed by atoms with van der Waals surface area (Å²) in [6.45, 7) is 9.02. The molecule has 1 fully saturated rings. The number of ether oxygens (including phenoxy) is 2. The zero-order chi connectivity index (χ0) is 19.8. The molecule has 3 rings (SSSR count). The van der Waals surface area contributed by atoms with Gasteiger partial charge in [0.05, 0.1) is 25.4 Å². The number of hydrogen-bond acceptors (Lipinski definition) is 4. The lowest BCUT2D eigenvalue weighted by Crippen LogP contribution is -2.44. The predicted molar refractivity (Wildman–Crippen MR) is 113 cm³/mol. The second-order valence-electron chi connectivity index (χ2n) is 7.53. The van der Waals surface area contributed by atoms with Crippen LogP contribution >= 0.6 is 0 Å². The van der Waals surface area contributed by atoms with Crippen molar-refractivity contribution >= 4 is 0 Å². The van der Waals surface area contributed by atoms with Crippen LogP contribution in [0.25, 0.3) is 0 Å². The van der Waals surface area contributed by atoms with E-state index in [-0.39, 0.29) is 5.92 Å². The average molecular weight is 384 g/mol. The Kier molecular flexibility index (Phi) is 7.49. The quantitative estimate of drug-likeness (QED) is 0.705. The van der Waals surface area contributed by atoms with E-state index < -0.39 is 5.60 Å². The third-order valence-corrected chi connectivity index (χ3v) is 5.69. The van der Waals surface area contributed by atoms with E-state index in [9.17, 15) is 5.11 Å². The highest BCUT2D eigenvalue weighted by atomic mass is 16.5. The van der Waals surface area contributed by atoms with Crippen molar-refractivity contribution in [3.8, 4) is 5.75 Å². The molecule has 2 aromatic rings. The molecule has 1 heterocycles. The summed E-state index contributed by atoms with van der Waals surface area (Å²) >= 11 is 0. The average Bonchev–Trinajstić information content (AvgIpc) is 2.77. The van der Waals surface area contributed by atoms with Gasteiger partial charge in [-0.3, -0.25) is 4.90 Å². The van der Waals surface area contributed by atoms with Gasteiger partial charge in [-0.15, -0.1) is 0 Å². The van der Waals surface area contributed by atoms with Crippen LogP contribution in [0.5, 0.6) is 5.75 Å². The molecule has 0 bridgehead atoms. The molecule has 1 saturated heterocycles. The van der Waals surface area contributed by atoms with Crippen molar-refractivity contribution in [1.82, 2.24) is 4.90 Å². The van der Waals surface area contributed by atoms with Crippen LogP contribution in [0, 0.1) is 0 Å². The molecule has 0 spiro atoms. The smallest absolute Gasteiger partial charge is 0.119 e. The molecule has 28 heavy (non-hydrogen) atoms. The second kappa shape index (κ2) is 10.1. The third kappa shape index (κ3) is 4.93. The van der Waals surface area contributed by atoms with E-state index in [4.69, 9.17) is 9.47 Å². The Bertz CT molecular complexity index is 698. The minimum Gasteiger partial charge on any atom is -0.494 e. The highest BCUT2D eigenvalue weighted by molar-refractivity contribution is 5.35. The highest BCUT2D eigenvalue weighted by Gasteiger charge is 2.39. The van der Waals surface area contributed by atoms with E-state index in [1.165, 1.54) is 5.56 Å². The van der Waals surface area contributed by atoms with Gasteiger partial charge in [0, 0.05) is 25.6 Å². The molecule has 0 amide bonds. The Morgan fingerprint density at radius 1 is 1.04 bits per heavy atom. The maximum atomic E-state index is 11.9. The van der Waals surface area contributed by atoms with Gasteiger partial charge in [0.2, 0.25) is 0 Å². The van der Waals surface area contributed by atoms with E-state index in [0.717, 1.165) is 50.6 Å². The Balaban J connectivity index is 1.90. The van der Waals surface area contributed by atoms with Crippen LogP contribution in [0.3, 0.4) is 0 Å². The molecule has 4 nitrogen and oxygen atoms in total. The number of hydrogen-bond donors (Lipinski definition) is 1. The summed E-state index contributed by atoms with van der Waals surface area (Å²) in [7, 11) is 0. The predicted octanol–water partition coefficient (Wildman–Crippen LogP) is 4.19. The molecular weight excluding hydrogens is 350 g/mol. The van der Waals surface area contributed by atoms with Gasteiger partial charge < -0.3 is 14.6 Å². The van der Waals surface area contributed by atoms with Gasteiger partial charge in [0.1, 0.15) is 5.75 Å². The first kappa shape index (κ1) is 20.8. The summed E-state index contributed by atoms with van der Waals surface area (Å²) in [5.41, 5.74) is 1.17. The lowest BCUT2D eigenvalue weighted by Gasteiger charge is -2.40. The van der Waals surface area contributed by atoms with E-state index >= 15 is 0 Å². The van der Waals surface area contributed by atoms with Gasteiger partial charge in [-0.05, 0) is 36.1 Å². The molecule has 0 aromatic heterocycles. The van der Waals surface area contributed by atoms with E-state index in [1.807, 2.05) is 30.3 Å². The van der Waals surface area contributed by atoms with E-state index in [2.05, 4.69) is 43.0 Å². The minimum absolute atomic E-state index is 0.0146. The first-order chi connectivity index (χ1) is 13.7. The molecule has 0 saturated carbocycles.